The van der Waals surface area contributed by atoms with Crippen LogP contribution in [0, 0.1) is 0 Å². The number of carboxylic acid groups (broad SMARTS) is 5. The minimum atomic E-state index is -1.31. The molecule has 0 aromatic heterocycles. The maximum Gasteiger partial charge on any atom is 3.00 e. The van der Waals surface area contributed by atoms with E-state index in [2.05, 4.69) is 0 Å². The average molecular weight is 575 g/mol. The number of hydrogen-bond acceptors (Lipinski definition) is 15. The summed E-state index contributed by atoms with van der Waals surface area (Å²) >= 11 is 0. The molecular formula is C20H25BCoO15. The number of carbonyl (C=O) groups is 10. The number of ketones is 5. The van der Waals surface area contributed by atoms with Crippen molar-refractivity contribution in [2.24, 2.45) is 0 Å². The number of carbonyl (C=O) groups excluding carboxylic acids is 10. The quantitative estimate of drug-likeness (QED) is 0.173. The summed E-state index contributed by atoms with van der Waals surface area (Å²) in [6.45, 7) is 6.02. The van der Waals surface area contributed by atoms with Crippen molar-refractivity contribution in [3.8, 4) is 0 Å². The van der Waals surface area contributed by atoms with Gasteiger partial charge in [0, 0.05) is 62.0 Å². The monoisotopic (exact) mass is 575 g/mol. The number of carboxylic acids is 5. The van der Waals surface area contributed by atoms with Crippen molar-refractivity contribution in [1.29, 1.82) is 0 Å². The van der Waals surface area contributed by atoms with E-state index in [-0.39, 0.29) is 54.1 Å². The predicted octanol–water partition coefficient (Wildman–Crippen LogP) is -6.81. The summed E-state index contributed by atoms with van der Waals surface area (Å²) in [5.74, 6) is -8.44. The zero-order valence-corrected chi connectivity index (χ0v) is 21.6. The molecule has 17 heteroatoms. The van der Waals surface area contributed by atoms with Gasteiger partial charge in [-0.1, -0.05) is 0 Å². The van der Waals surface area contributed by atoms with E-state index in [0.29, 0.717) is 0 Å². The molecule has 0 spiro atoms. The molecule has 0 unspecified atom stereocenters. The van der Waals surface area contributed by atoms with Gasteiger partial charge in [-0.2, -0.15) is 0 Å². The number of Topliss-reactive ketones (excluding diaryl/α,β-unsaturated/α-hetero) is 5. The van der Waals surface area contributed by atoms with Crippen LogP contribution < -0.4 is 25.5 Å². The molecule has 37 heavy (non-hydrogen) atoms. The molecule has 0 N–H and O–H groups in total. The van der Waals surface area contributed by atoms with Crippen LogP contribution in [0.2, 0.25) is 0 Å². The molecule has 0 amide bonds. The van der Waals surface area contributed by atoms with Crippen LogP contribution in [-0.2, 0) is 64.7 Å². The van der Waals surface area contributed by atoms with Crippen LogP contribution in [0.5, 0.6) is 0 Å². The van der Waals surface area contributed by atoms with Gasteiger partial charge >= 0.3 is 25.2 Å². The van der Waals surface area contributed by atoms with Crippen LogP contribution in [0.15, 0.2) is 0 Å². The van der Waals surface area contributed by atoms with E-state index in [9.17, 15) is 73.5 Å². The van der Waals surface area contributed by atoms with Gasteiger partial charge in [-0.15, -0.1) is 0 Å². The van der Waals surface area contributed by atoms with Gasteiger partial charge in [0.1, 0.15) is 28.9 Å². The molecule has 15 nitrogen and oxygen atoms in total. The predicted molar refractivity (Wildman–Crippen MR) is 107 cm³/mol. The Balaban J connectivity index is -0.0000000600. The molecule has 0 aliphatic rings. The third-order valence-electron chi connectivity index (χ3n) is 1.97. The average Bonchev–Trinajstić information content (AvgIpc) is 2.49. The molecule has 0 aromatic carbocycles. The van der Waals surface area contributed by atoms with E-state index >= 15 is 0 Å². The summed E-state index contributed by atoms with van der Waals surface area (Å²) in [4.78, 5) is 96.6. The maximum absolute atomic E-state index is 9.83. The van der Waals surface area contributed by atoms with Crippen molar-refractivity contribution in [3.63, 3.8) is 0 Å². The minimum Gasteiger partial charge on any atom is -0.550 e. The number of rotatable bonds is 10. The normalized spacial score (nSPS) is 7.70. The van der Waals surface area contributed by atoms with E-state index in [1.807, 2.05) is 0 Å². The minimum absolute atomic E-state index is 0. The zero-order chi connectivity index (χ0) is 29.3. The van der Waals surface area contributed by atoms with Gasteiger partial charge < -0.3 is 49.5 Å². The van der Waals surface area contributed by atoms with Crippen LogP contribution in [0.25, 0.3) is 0 Å². The van der Waals surface area contributed by atoms with Gasteiger partial charge in [0.05, 0.1) is 0 Å². The summed E-state index contributed by atoms with van der Waals surface area (Å²) in [7, 11) is 0. The molecule has 0 aliphatic heterocycles. The van der Waals surface area contributed by atoms with Crippen LogP contribution in [0.4, 0.5) is 0 Å². The van der Waals surface area contributed by atoms with Gasteiger partial charge in [0.25, 0.3) is 0 Å². The zero-order valence-electron chi connectivity index (χ0n) is 20.6. The van der Waals surface area contributed by atoms with E-state index in [4.69, 9.17) is 0 Å². The first-order valence-corrected chi connectivity index (χ1v) is 9.10. The third kappa shape index (κ3) is 112. The molecule has 0 saturated heterocycles. The first-order chi connectivity index (χ1) is 15.6. The summed E-state index contributed by atoms with van der Waals surface area (Å²) in [5.41, 5.74) is 0. The molecule has 0 rings (SSSR count). The van der Waals surface area contributed by atoms with Crippen molar-refractivity contribution >= 4 is 67.2 Å². The second-order valence-corrected chi connectivity index (χ2v) is 6.25. The fourth-order valence-corrected chi connectivity index (χ4v) is 1.02. The Morgan fingerprint density at radius 1 is 0.351 bits per heavy atom. The SMILES string of the molecule is CC(=O)CC(=O)[O-].CC(=O)CC(=O)[O-].CC(=O)CC(=O)[O-].CC(=O)CC(=O)[O-].CC(=O)CC(=O)[O-].[B+3].[Co+2]. The van der Waals surface area contributed by atoms with Crippen LogP contribution in [-0.4, -0.2) is 67.2 Å². The molecule has 0 bridgehead atoms. The van der Waals surface area contributed by atoms with E-state index in [1.54, 1.807) is 0 Å². The Labute approximate surface area is 224 Å². The number of hydrogen-bond donors (Lipinski definition) is 0. The van der Waals surface area contributed by atoms with Gasteiger partial charge in [-0.25, -0.2) is 0 Å². The standard InChI is InChI=1S/5C4H6O3.B.Co/c5*1-3(5)2-4(6)7;;/h5*2H2,1H3,(H,6,7);;/q;;;;;+3;+2/p-5. The van der Waals surface area contributed by atoms with Gasteiger partial charge in [0.2, 0.25) is 0 Å². The first-order valence-electron chi connectivity index (χ1n) is 9.10. The van der Waals surface area contributed by atoms with Crippen molar-refractivity contribution in [3.05, 3.63) is 0 Å². The van der Waals surface area contributed by atoms with Crippen LogP contribution >= 0.6 is 0 Å². The fraction of sp³-hybridized carbons (Fsp3) is 0.500. The van der Waals surface area contributed by atoms with Gasteiger partial charge in [-0.3, -0.25) is 24.0 Å². The molecule has 0 aromatic rings. The molecular weight excluding hydrogens is 550 g/mol. The second kappa shape index (κ2) is 32.3. The molecule has 0 aliphatic carbocycles. The second-order valence-electron chi connectivity index (χ2n) is 6.25. The van der Waals surface area contributed by atoms with Crippen molar-refractivity contribution in [1.82, 2.24) is 0 Å². The largest absolute Gasteiger partial charge is 3.00 e. The maximum atomic E-state index is 9.83. The fourth-order valence-electron chi connectivity index (χ4n) is 1.02. The van der Waals surface area contributed by atoms with E-state index in [1.165, 1.54) is 34.6 Å². The Hall–Kier alpha value is -3.73. The molecule has 0 saturated carbocycles. The summed E-state index contributed by atoms with van der Waals surface area (Å²) in [6, 6.07) is 0. The summed E-state index contributed by atoms with van der Waals surface area (Å²) in [5, 5.41) is 47.4. The topological polar surface area (TPSA) is 286 Å². The molecule has 207 valence electrons. The Morgan fingerprint density at radius 2 is 0.432 bits per heavy atom. The molecule has 0 fully saturated rings. The van der Waals surface area contributed by atoms with Crippen molar-refractivity contribution in [2.45, 2.75) is 66.7 Å². The Kier molecular flexibility index (Phi) is 43.8. The van der Waals surface area contributed by atoms with E-state index in [0.717, 1.165) is 0 Å². The Morgan fingerprint density at radius 3 is 0.432 bits per heavy atom. The third-order valence-corrected chi connectivity index (χ3v) is 1.97. The summed E-state index contributed by atoms with van der Waals surface area (Å²) in [6.07, 6.45) is -2.36. The van der Waals surface area contributed by atoms with Crippen LogP contribution in [0.3, 0.4) is 0 Å². The van der Waals surface area contributed by atoms with Crippen molar-refractivity contribution < 1.29 is 90.3 Å². The molecule has 0 heterocycles. The molecule has 0 atom stereocenters. The van der Waals surface area contributed by atoms with Crippen LogP contribution in [0.1, 0.15) is 66.7 Å². The van der Waals surface area contributed by atoms with Crippen molar-refractivity contribution in [2.75, 3.05) is 0 Å². The van der Waals surface area contributed by atoms with Gasteiger partial charge in [0.15, 0.2) is 0 Å². The summed E-state index contributed by atoms with van der Waals surface area (Å²) < 4.78 is 0. The molecule has 1 radical (unpaired) electrons. The first kappa shape index (κ1) is 50.2. The number of aliphatic carboxylic acids is 5. The van der Waals surface area contributed by atoms with E-state index < -0.39 is 62.0 Å². The smallest absolute Gasteiger partial charge is 0.550 e. The Bertz CT molecular complexity index is 580. The van der Waals surface area contributed by atoms with Gasteiger partial charge in [-0.05, 0) is 34.6 Å².